The maximum atomic E-state index is 15.0. The predicted octanol–water partition coefficient (Wildman–Crippen LogP) is 4.09. The third kappa shape index (κ3) is 16.0. The van der Waals surface area contributed by atoms with Gasteiger partial charge in [-0.1, -0.05) is 92.6 Å². The second-order valence-electron chi connectivity index (χ2n) is 15.8. The highest BCUT2D eigenvalue weighted by atomic mass is 16.6. The molecule has 328 valence electrons. The number of hydrogen-bond acceptors (Lipinski definition) is 11. The molecule has 0 spiro atoms. The summed E-state index contributed by atoms with van der Waals surface area (Å²) >= 11 is 0. The first-order valence-electron chi connectivity index (χ1n) is 20.6. The maximum Gasteiger partial charge on any atom is 0.339 e. The largest absolute Gasteiger partial charge is 0.497 e. The van der Waals surface area contributed by atoms with Crippen LogP contribution in [-0.2, 0) is 62.4 Å². The molecule has 1 aliphatic heterocycles. The molecule has 1 fully saturated rings. The Bertz CT molecular complexity index is 1890. The van der Waals surface area contributed by atoms with Crippen LogP contribution in [0.2, 0.25) is 0 Å². The van der Waals surface area contributed by atoms with E-state index >= 15 is 4.79 Å². The summed E-state index contributed by atoms with van der Waals surface area (Å²) in [5.74, 6) is -0.414. The molecule has 61 heavy (non-hydrogen) atoms. The molecule has 3 aromatic rings. The van der Waals surface area contributed by atoms with Gasteiger partial charge in [0.25, 0.3) is 0 Å². The Morgan fingerprint density at radius 3 is 2.10 bits per heavy atom. The SMILES string of the molecule is C#CCOC(C)(C)C(=O)OCN(C(=O)[C@H](CCc1ccccc1)NC(=O)CN1CCOCC1)[C@@H](CC(C)C)C(=O)NC(Cc1ccccc1)C(=O)OCc1ccc(OC)cc1. The molecule has 0 bridgehead atoms. The lowest BCUT2D eigenvalue weighted by molar-refractivity contribution is -0.176. The first-order chi connectivity index (χ1) is 29.3. The Morgan fingerprint density at radius 1 is 0.852 bits per heavy atom. The van der Waals surface area contributed by atoms with Crippen molar-refractivity contribution in [2.45, 2.75) is 83.7 Å². The Kier molecular flexibility index (Phi) is 19.2. The molecular weight excluding hydrogens is 781 g/mol. The monoisotopic (exact) mass is 840 g/mol. The van der Waals surface area contributed by atoms with Crippen molar-refractivity contribution in [2.75, 3.05) is 53.3 Å². The highest BCUT2D eigenvalue weighted by Crippen LogP contribution is 2.20. The molecule has 4 rings (SSSR count). The summed E-state index contributed by atoms with van der Waals surface area (Å²) < 4.78 is 27.7. The lowest BCUT2D eigenvalue weighted by Gasteiger charge is -2.36. The number of esters is 2. The topological polar surface area (TPSA) is 162 Å². The molecule has 0 radical (unpaired) electrons. The number of morpholine rings is 1. The summed E-state index contributed by atoms with van der Waals surface area (Å²) in [4.78, 5) is 73.8. The third-order valence-electron chi connectivity index (χ3n) is 10.1. The van der Waals surface area contributed by atoms with Crippen molar-refractivity contribution in [1.82, 2.24) is 20.4 Å². The maximum absolute atomic E-state index is 15.0. The first-order valence-corrected chi connectivity index (χ1v) is 20.6. The lowest BCUT2D eigenvalue weighted by atomic mass is 9.98. The Labute approximate surface area is 359 Å². The van der Waals surface area contributed by atoms with Gasteiger partial charge in [0.15, 0.2) is 12.3 Å². The summed E-state index contributed by atoms with van der Waals surface area (Å²) in [6, 6.07) is 22.1. The molecule has 14 heteroatoms. The van der Waals surface area contributed by atoms with Gasteiger partial charge in [0.05, 0.1) is 26.9 Å². The molecule has 2 N–H and O–H groups in total. The van der Waals surface area contributed by atoms with Gasteiger partial charge in [-0.05, 0) is 67.9 Å². The number of terminal acetylenes is 1. The van der Waals surface area contributed by atoms with E-state index in [9.17, 15) is 19.2 Å². The Balaban J connectivity index is 1.68. The van der Waals surface area contributed by atoms with Gasteiger partial charge >= 0.3 is 11.9 Å². The van der Waals surface area contributed by atoms with Crippen LogP contribution in [0, 0.1) is 18.3 Å². The van der Waals surface area contributed by atoms with Crippen molar-refractivity contribution in [3.63, 3.8) is 0 Å². The van der Waals surface area contributed by atoms with Crippen molar-refractivity contribution < 1.29 is 47.7 Å². The average Bonchev–Trinajstić information content (AvgIpc) is 3.26. The minimum absolute atomic E-state index is 0.0316. The van der Waals surface area contributed by atoms with Crippen molar-refractivity contribution >= 4 is 29.7 Å². The number of nitrogens with one attached hydrogen (secondary N) is 2. The average molecular weight is 841 g/mol. The fourth-order valence-corrected chi connectivity index (χ4v) is 6.62. The van der Waals surface area contributed by atoms with Crippen LogP contribution in [0.15, 0.2) is 84.9 Å². The van der Waals surface area contributed by atoms with Crippen molar-refractivity contribution in [3.8, 4) is 18.1 Å². The van der Waals surface area contributed by atoms with E-state index in [1.165, 1.54) is 13.8 Å². The van der Waals surface area contributed by atoms with Crippen LogP contribution in [0.3, 0.4) is 0 Å². The molecule has 1 saturated heterocycles. The van der Waals surface area contributed by atoms with Crippen LogP contribution in [0.5, 0.6) is 5.75 Å². The van der Waals surface area contributed by atoms with Crippen LogP contribution < -0.4 is 15.4 Å². The number of hydrogen-bond donors (Lipinski definition) is 2. The predicted molar refractivity (Wildman–Crippen MR) is 229 cm³/mol. The fourth-order valence-electron chi connectivity index (χ4n) is 6.62. The molecule has 0 aromatic heterocycles. The van der Waals surface area contributed by atoms with E-state index in [0.29, 0.717) is 44.0 Å². The standard InChI is InChI=1S/C47H60N4O10/c1-7-26-61-47(4,5)46(56)60-33-51(44(54)39(23-20-35-14-10-8-11-15-35)48-42(52)31-50-24-27-58-28-25-50)41(29-34(2)3)43(53)49-40(30-36-16-12-9-13-17-36)45(55)59-32-37-18-21-38(57-6)22-19-37/h1,8-19,21-22,34,39-41H,20,23-33H2,2-6H3,(H,48,52)(H,49,53)/t39-,40?,41-/m0/s1. The first kappa shape index (κ1) is 47.9. The number of amides is 3. The minimum Gasteiger partial charge on any atom is -0.497 e. The number of aryl methyl sites for hydroxylation is 1. The van der Waals surface area contributed by atoms with E-state index in [0.717, 1.165) is 16.0 Å². The van der Waals surface area contributed by atoms with Gasteiger partial charge in [-0.3, -0.25) is 24.2 Å². The van der Waals surface area contributed by atoms with Crippen LogP contribution in [0.25, 0.3) is 0 Å². The molecule has 1 unspecified atom stereocenters. The second-order valence-corrected chi connectivity index (χ2v) is 15.8. The van der Waals surface area contributed by atoms with Crippen molar-refractivity contribution in [2.24, 2.45) is 5.92 Å². The quantitative estimate of drug-likeness (QED) is 0.0805. The smallest absolute Gasteiger partial charge is 0.339 e. The van der Waals surface area contributed by atoms with Crippen molar-refractivity contribution in [1.29, 1.82) is 0 Å². The van der Waals surface area contributed by atoms with Crippen LogP contribution in [-0.4, -0.2) is 116 Å². The van der Waals surface area contributed by atoms with E-state index < -0.39 is 54.2 Å². The highest BCUT2D eigenvalue weighted by Gasteiger charge is 2.39. The fraction of sp³-hybridized carbons (Fsp3) is 0.468. The zero-order valence-corrected chi connectivity index (χ0v) is 35.9. The molecule has 0 saturated carbocycles. The highest BCUT2D eigenvalue weighted by molar-refractivity contribution is 5.94. The zero-order chi connectivity index (χ0) is 44.2. The van der Waals surface area contributed by atoms with E-state index in [1.54, 1.807) is 31.4 Å². The van der Waals surface area contributed by atoms with Gasteiger partial charge in [-0.2, -0.15) is 0 Å². The van der Waals surface area contributed by atoms with Crippen LogP contribution >= 0.6 is 0 Å². The number of methoxy groups -OCH3 is 1. The van der Waals surface area contributed by atoms with Gasteiger partial charge < -0.3 is 34.3 Å². The van der Waals surface area contributed by atoms with Gasteiger partial charge in [0.1, 0.15) is 37.1 Å². The second kappa shape index (κ2) is 24.5. The number of ether oxygens (including phenoxy) is 5. The van der Waals surface area contributed by atoms with Gasteiger partial charge in [-0.25, -0.2) is 9.59 Å². The third-order valence-corrected chi connectivity index (χ3v) is 10.1. The Morgan fingerprint density at radius 2 is 1.49 bits per heavy atom. The minimum atomic E-state index is -1.50. The molecule has 1 heterocycles. The number of nitrogens with zero attached hydrogens (tertiary/aromatic N) is 2. The Hall–Kier alpha value is -5.75. The number of rotatable bonds is 23. The van der Waals surface area contributed by atoms with Crippen molar-refractivity contribution in [3.05, 3.63) is 102 Å². The number of benzene rings is 3. The van der Waals surface area contributed by atoms with Crippen LogP contribution in [0.1, 0.15) is 57.2 Å². The summed E-state index contributed by atoms with van der Waals surface area (Å²) in [5, 5.41) is 5.80. The van der Waals surface area contributed by atoms with E-state index in [1.807, 2.05) is 79.4 Å². The summed E-state index contributed by atoms with van der Waals surface area (Å²) in [6.45, 7) is 7.93. The number of carbonyl (C=O) groups excluding carboxylic acids is 5. The number of carbonyl (C=O) groups is 5. The molecular formula is C47H60N4O10. The molecule has 3 atom stereocenters. The van der Waals surface area contributed by atoms with Gasteiger partial charge in [-0.15, -0.1) is 6.42 Å². The molecule has 3 aromatic carbocycles. The summed E-state index contributed by atoms with van der Waals surface area (Å²) in [5.41, 5.74) is 0.905. The lowest BCUT2D eigenvalue weighted by Crippen LogP contribution is -2.59. The van der Waals surface area contributed by atoms with E-state index in [4.69, 9.17) is 30.1 Å². The van der Waals surface area contributed by atoms with E-state index in [-0.39, 0.29) is 50.8 Å². The van der Waals surface area contributed by atoms with Gasteiger partial charge in [0, 0.05) is 19.5 Å². The zero-order valence-electron chi connectivity index (χ0n) is 35.9. The molecule has 1 aliphatic rings. The molecule has 3 amide bonds. The van der Waals surface area contributed by atoms with Gasteiger partial charge in [0.2, 0.25) is 17.7 Å². The normalized spacial score (nSPS) is 14.4. The van der Waals surface area contributed by atoms with Crippen LogP contribution in [0.4, 0.5) is 0 Å². The molecule has 14 nitrogen and oxygen atoms in total. The molecule has 0 aliphatic carbocycles. The summed E-state index contributed by atoms with van der Waals surface area (Å²) in [6.07, 6.45) is 6.16. The summed E-state index contributed by atoms with van der Waals surface area (Å²) in [7, 11) is 1.56. The van der Waals surface area contributed by atoms with E-state index in [2.05, 4.69) is 16.6 Å².